The zero-order chi connectivity index (χ0) is 14.0. The number of benzene rings is 1. The monoisotopic (exact) mass is 286 g/mol. The number of anilines is 1. The first-order valence-corrected chi connectivity index (χ1v) is 7.95. The van der Waals surface area contributed by atoms with Crippen LogP contribution in [0.4, 0.5) is 10.1 Å². The molecule has 0 unspecified atom stereocenters. The maximum atomic E-state index is 13.4. The van der Waals surface area contributed by atoms with Crippen molar-refractivity contribution < 1.29 is 12.8 Å². The molecule has 1 fully saturated rings. The predicted octanol–water partition coefficient (Wildman–Crippen LogP) is 2.22. The lowest BCUT2D eigenvalue weighted by molar-refractivity contribution is 0.250. The molecule has 0 amide bonds. The fourth-order valence-corrected chi connectivity index (χ4v) is 3.89. The topological polar surface area (TPSA) is 63.4 Å². The number of sulfonamides is 1. The standard InChI is InChI=1S/C13H19FN2O2S/c1-2-16(9-10-5-3-6-10)19(17,18)12-8-4-7-11(14)13(12)15/h4,7-8,10H,2-3,5-6,9,15H2,1H3. The smallest absolute Gasteiger partial charge is 0.245 e. The van der Waals surface area contributed by atoms with E-state index in [1.54, 1.807) is 6.92 Å². The molecule has 0 atom stereocenters. The average Bonchev–Trinajstić information content (AvgIpc) is 2.30. The number of para-hydroxylation sites is 1. The molecule has 4 nitrogen and oxygen atoms in total. The Morgan fingerprint density at radius 2 is 2.11 bits per heavy atom. The van der Waals surface area contributed by atoms with E-state index in [1.165, 1.54) is 16.4 Å². The summed E-state index contributed by atoms with van der Waals surface area (Å²) in [5, 5.41) is 0. The van der Waals surface area contributed by atoms with Crippen LogP contribution in [-0.2, 0) is 10.0 Å². The first kappa shape index (κ1) is 14.3. The van der Waals surface area contributed by atoms with E-state index in [2.05, 4.69) is 0 Å². The number of nitrogens with zero attached hydrogens (tertiary/aromatic N) is 1. The summed E-state index contributed by atoms with van der Waals surface area (Å²) in [6, 6.07) is 3.89. The minimum atomic E-state index is -3.71. The van der Waals surface area contributed by atoms with Crippen LogP contribution in [0, 0.1) is 11.7 Å². The fourth-order valence-electron chi connectivity index (χ4n) is 2.24. The number of hydrogen-bond acceptors (Lipinski definition) is 3. The van der Waals surface area contributed by atoms with Gasteiger partial charge in [-0.05, 0) is 30.9 Å². The lowest BCUT2D eigenvalue weighted by Gasteiger charge is -2.31. The van der Waals surface area contributed by atoms with Gasteiger partial charge in [0.1, 0.15) is 10.7 Å². The van der Waals surface area contributed by atoms with E-state index in [9.17, 15) is 12.8 Å². The van der Waals surface area contributed by atoms with Gasteiger partial charge in [-0.25, -0.2) is 12.8 Å². The van der Waals surface area contributed by atoms with Crippen LogP contribution in [0.5, 0.6) is 0 Å². The Kier molecular flexibility index (Phi) is 4.10. The summed E-state index contributed by atoms with van der Waals surface area (Å²) in [5.74, 6) is -0.273. The summed E-state index contributed by atoms with van der Waals surface area (Å²) in [5.41, 5.74) is 5.26. The molecule has 0 saturated heterocycles. The summed E-state index contributed by atoms with van der Waals surface area (Å²) in [7, 11) is -3.71. The Morgan fingerprint density at radius 3 is 2.63 bits per heavy atom. The van der Waals surface area contributed by atoms with E-state index >= 15 is 0 Å². The normalized spacial score (nSPS) is 16.6. The van der Waals surface area contributed by atoms with Crippen molar-refractivity contribution in [3.05, 3.63) is 24.0 Å². The molecule has 106 valence electrons. The Hall–Kier alpha value is -1.14. The van der Waals surface area contributed by atoms with Gasteiger partial charge in [0.25, 0.3) is 0 Å². The van der Waals surface area contributed by atoms with Crippen LogP contribution in [-0.4, -0.2) is 25.8 Å². The second-order valence-corrected chi connectivity index (χ2v) is 6.81. The van der Waals surface area contributed by atoms with Crippen molar-refractivity contribution in [1.82, 2.24) is 4.31 Å². The van der Waals surface area contributed by atoms with Gasteiger partial charge in [0.05, 0.1) is 5.69 Å². The molecule has 1 aromatic rings. The van der Waals surface area contributed by atoms with E-state index in [-0.39, 0.29) is 10.6 Å². The molecule has 2 rings (SSSR count). The van der Waals surface area contributed by atoms with Crippen molar-refractivity contribution in [3.63, 3.8) is 0 Å². The first-order valence-electron chi connectivity index (χ1n) is 6.51. The molecule has 1 aliphatic carbocycles. The van der Waals surface area contributed by atoms with Gasteiger partial charge in [0.2, 0.25) is 10.0 Å². The zero-order valence-corrected chi connectivity index (χ0v) is 11.8. The van der Waals surface area contributed by atoms with Crippen molar-refractivity contribution in [1.29, 1.82) is 0 Å². The van der Waals surface area contributed by atoms with E-state index < -0.39 is 15.8 Å². The molecule has 6 heteroatoms. The van der Waals surface area contributed by atoms with Gasteiger partial charge in [-0.1, -0.05) is 19.4 Å². The van der Waals surface area contributed by atoms with Crippen molar-refractivity contribution in [2.45, 2.75) is 31.1 Å². The van der Waals surface area contributed by atoms with Crippen molar-refractivity contribution in [2.24, 2.45) is 5.92 Å². The van der Waals surface area contributed by atoms with Crippen molar-refractivity contribution in [2.75, 3.05) is 18.8 Å². The maximum absolute atomic E-state index is 13.4. The van der Waals surface area contributed by atoms with Crippen LogP contribution >= 0.6 is 0 Å². The predicted molar refractivity (Wildman–Crippen MR) is 72.6 cm³/mol. The number of nitrogens with two attached hydrogens (primary N) is 1. The molecule has 2 N–H and O–H groups in total. The highest BCUT2D eigenvalue weighted by Gasteiger charge is 2.30. The van der Waals surface area contributed by atoms with Crippen LogP contribution in [0.25, 0.3) is 0 Å². The highest BCUT2D eigenvalue weighted by Crippen LogP contribution is 2.30. The number of hydrogen-bond donors (Lipinski definition) is 1. The number of nitrogen functional groups attached to an aromatic ring is 1. The molecule has 0 spiro atoms. The van der Waals surface area contributed by atoms with E-state index in [4.69, 9.17) is 5.73 Å². The summed E-state index contributed by atoms with van der Waals surface area (Å²) in [4.78, 5) is -0.131. The lowest BCUT2D eigenvalue weighted by atomic mass is 9.85. The fraction of sp³-hybridized carbons (Fsp3) is 0.538. The Bertz CT molecular complexity index is 556. The molecule has 0 radical (unpaired) electrons. The molecule has 19 heavy (non-hydrogen) atoms. The Morgan fingerprint density at radius 1 is 1.42 bits per heavy atom. The highest BCUT2D eigenvalue weighted by atomic mass is 32.2. The molecule has 0 aliphatic heterocycles. The SMILES string of the molecule is CCN(CC1CCC1)S(=O)(=O)c1cccc(F)c1N. The molecular formula is C13H19FN2O2S. The number of rotatable bonds is 5. The molecule has 1 aliphatic rings. The number of halogens is 1. The third-order valence-corrected chi connectivity index (χ3v) is 5.67. The molecule has 1 aromatic carbocycles. The van der Waals surface area contributed by atoms with Crippen molar-refractivity contribution in [3.8, 4) is 0 Å². The second-order valence-electron chi connectivity index (χ2n) is 4.90. The van der Waals surface area contributed by atoms with E-state index in [0.717, 1.165) is 25.3 Å². The van der Waals surface area contributed by atoms with Gasteiger partial charge in [0.15, 0.2) is 0 Å². The summed E-state index contributed by atoms with van der Waals surface area (Å²) in [6.07, 6.45) is 3.28. The van der Waals surface area contributed by atoms with E-state index in [0.29, 0.717) is 19.0 Å². The zero-order valence-electron chi connectivity index (χ0n) is 11.0. The van der Waals surface area contributed by atoms with Gasteiger partial charge in [-0.3, -0.25) is 0 Å². The second kappa shape index (κ2) is 5.46. The van der Waals surface area contributed by atoms with Crippen LogP contribution in [0.2, 0.25) is 0 Å². The first-order chi connectivity index (χ1) is 8.96. The largest absolute Gasteiger partial charge is 0.395 e. The molecule has 0 bridgehead atoms. The van der Waals surface area contributed by atoms with Gasteiger partial charge in [-0.15, -0.1) is 0 Å². The van der Waals surface area contributed by atoms with E-state index in [1.807, 2.05) is 0 Å². The third kappa shape index (κ3) is 2.74. The lowest BCUT2D eigenvalue weighted by Crippen LogP contribution is -2.37. The maximum Gasteiger partial charge on any atom is 0.245 e. The minimum Gasteiger partial charge on any atom is -0.395 e. The van der Waals surface area contributed by atoms with Gasteiger partial charge in [-0.2, -0.15) is 4.31 Å². The van der Waals surface area contributed by atoms with Gasteiger partial charge in [0, 0.05) is 13.1 Å². The third-order valence-electron chi connectivity index (χ3n) is 3.67. The van der Waals surface area contributed by atoms with Crippen LogP contribution < -0.4 is 5.73 Å². The minimum absolute atomic E-state index is 0.131. The summed E-state index contributed by atoms with van der Waals surface area (Å²) >= 11 is 0. The molecule has 0 heterocycles. The van der Waals surface area contributed by atoms with Crippen LogP contribution in [0.3, 0.4) is 0 Å². The molecular weight excluding hydrogens is 267 g/mol. The highest BCUT2D eigenvalue weighted by molar-refractivity contribution is 7.89. The Balaban J connectivity index is 2.30. The molecule has 1 saturated carbocycles. The average molecular weight is 286 g/mol. The van der Waals surface area contributed by atoms with Crippen LogP contribution in [0.1, 0.15) is 26.2 Å². The molecule has 0 aromatic heterocycles. The van der Waals surface area contributed by atoms with Gasteiger partial charge >= 0.3 is 0 Å². The van der Waals surface area contributed by atoms with Crippen molar-refractivity contribution >= 4 is 15.7 Å². The van der Waals surface area contributed by atoms with Gasteiger partial charge < -0.3 is 5.73 Å². The van der Waals surface area contributed by atoms with Crippen LogP contribution in [0.15, 0.2) is 23.1 Å². The quantitative estimate of drug-likeness (QED) is 0.844. The summed E-state index contributed by atoms with van der Waals surface area (Å²) in [6.45, 7) is 2.65. The Labute approximate surface area is 113 Å². The summed E-state index contributed by atoms with van der Waals surface area (Å²) < 4.78 is 39.8.